The fourth-order valence-corrected chi connectivity index (χ4v) is 3.48. The summed E-state index contributed by atoms with van der Waals surface area (Å²) in [5.74, 6) is 0.344. The Morgan fingerprint density at radius 1 is 0.955 bits per heavy atom. The molecule has 3 aromatic rings. The highest BCUT2D eigenvalue weighted by molar-refractivity contribution is 9.10. The van der Waals surface area contributed by atoms with Crippen molar-refractivity contribution in [2.24, 2.45) is 0 Å². The summed E-state index contributed by atoms with van der Waals surface area (Å²) in [4.78, 5) is 0. The van der Waals surface area contributed by atoms with Crippen molar-refractivity contribution in [3.63, 3.8) is 0 Å². The van der Waals surface area contributed by atoms with Crippen LogP contribution >= 0.6 is 15.9 Å². The molecule has 3 aromatic carbocycles. The summed E-state index contributed by atoms with van der Waals surface area (Å²) < 4.78 is 1.15. The first-order valence-electron chi connectivity index (χ1n) is 7.55. The van der Waals surface area contributed by atoms with E-state index in [-0.39, 0.29) is 0 Å². The van der Waals surface area contributed by atoms with E-state index in [1.165, 1.54) is 27.5 Å². The van der Waals surface area contributed by atoms with E-state index in [2.05, 4.69) is 90.1 Å². The molecule has 0 aliphatic rings. The quantitative estimate of drug-likeness (QED) is 0.464. The number of benzene rings is 3. The van der Waals surface area contributed by atoms with Crippen molar-refractivity contribution in [3.05, 3.63) is 94.5 Å². The summed E-state index contributed by atoms with van der Waals surface area (Å²) in [6.07, 6.45) is 2.95. The van der Waals surface area contributed by atoms with Gasteiger partial charge in [-0.2, -0.15) is 0 Å². The summed E-state index contributed by atoms with van der Waals surface area (Å²) in [6.45, 7) is 6.08. The van der Waals surface area contributed by atoms with Crippen molar-refractivity contribution in [1.29, 1.82) is 0 Å². The lowest BCUT2D eigenvalue weighted by Crippen LogP contribution is -2.01. The van der Waals surface area contributed by atoms with Gasteiger partial charge in [0.25, 0.3) is 0 Å². The Balaban J connectivity index is 2.19. The third-order valence-electron chi connectivity index (χ3n) is 4.16. The molecule has 0 fully saturated rings. The van der Waals surface area contributed by atoms with Gasteiger partial charge in [0, 0.05) is 10.4 Å². The second-order valence-electron chi connectivity index (χ2n) is 5.67. The van der Waals surface area contributed by atoms with Crippen LogP contribution in [0.2, 0.25) is 0 Å². The van der Waals surface area contributed by atoms with Gasteiger partial charge >= 0.3 is 0 Å². The number of aryl methyl sites for hydroxylation is 1. The lowest BCUT2D eigenvalue weighted by atomic mass is 9.85. The van der Waals surface area contributed by atoms with Crippen LogP contribution in [0.3, 0.4) is 0 Å². The highest BCUT2D eigenvalue weighted by Crippen LogP contribution is 2.36. The average Bonchev–Trinajstić information content (AvgIpc) is 2.55. The molecule has 0 bridgehead atoms. The van der Waals surface area contributed by atoms with Crippen LogP contribution in [0.15, 0.2) is 77.8 Å². The predicted octanol–water partition coefficient (Wildman–Crippen LogP) is 6.62. The Morgan fingerprint density at radius 2 is 1.64 bits per heavy atom. The first kappa shape index (κ1) is 15.1. The smallest absolute Gasteiger partial charge is 0.0253 e. The molecule has 0 radical (unpaired) electrons. The molecule has 0 aromatic heterocycles. The zero-order valence-corrected chi connectivity index (χ0v) is 14.3. The lowest BCUT2D eigenvalue weighted by molar-refractivity contribution is 0.838. The molecule has 1 unspecified atom stereocenters. The van der Waals surface area contributed by atoms with Gasteiger partial charge in [-0.15, -0.1) is 6.58 Å². The Bertz CT molecular complexity index is 800. The third kappa shape index (κ3) is 2.86. The minimum absolute atomic E-state index is 0.344. The average molecular weight is 351 g/mol. The predicted molar refractivity (Wildman–Crippen MR) is 99.5 cm³/mol. The first-order chi connectivity index (χ1) is 10.7. The van der Waals surface area contributed by atoms with Gasteiger partial charge in [0.15, 0.2) is 0 Å². The molecule has 1 heteroatoms. The normalized spacial score (nSPS) is 12.3. The Kier molecular flexibility index (Phi) is 4.44. The molecule has 22 heavy (non-hydrogen) atoms. The van der Waals surface area contributed by atoms with Crippen LogP contribution in [-0.4, -0.2) is 0 Å². The fourth-order valence-electron chi connectivity index (χ4n) is 3.00. The molecule has 0 nitrogen and oxygen atoms in total. The van der Waals surface area contributed by atoms with Gasteiger partial charge in [-0.25, -0.2) is 0 Å². The highest BCUT2D eigenvalue weighted by atomic mass is 79.9. The number of hydrogen-bond donors (Lipinski definition) is 0. The molecule has 0 saturated heterocycles. The Labute approximate surface area is 140 Å². The molecule has 0 saturated carbocycles. The van der Waals surface area contributed by atoms with Crippen LogP contribution < -0.4 is 0 Å². The van der Waals surface area contributed by atoms with E-state index in [9.17, 15) is 0 Å². The monoisotopic (exact) mass is 350 g/mol. The maximum Gasteiger partial charge on any atom is 0.0253 e. The maximum atomic E-state index is 3.96. The zero-order valence-electron chi connectivity index (χ0n) is 12.7. The van der Waals surface area contributed by atoms with Crippen molar-refractivity contribution in [2.75, 3.05) is 0 Å². The second-order valence-corrected chi connectivity index (χ2v) is 6.52. The van der Waals surface area contributed by atoms with Gasteiger partial charge < -0.3 is 0 Å². The lowest BCUT2D eigenvalue weighted by Gasteiger charge is -2.19. The van der Waals surface area contributed by atoms with Crippen LogP contribution in [0.4, 0.5) is 0 Å². The maximum absolute atomic E-state index is 3.96. The SMILES string of the molecule is C=CCC(c1ccc(C)cc1)c1ccc(Br)c2ccccc12. The minimum Gasteiger partial charge on any atom is -0.103 e. The van der Waals surface area contributed by atoms with Crippen molar-refractivity contribution < 1.29 is 0 Å². The molecule has 0 aliphatic heterocycles. The number of rotatable bonds is 4. The molecular formula is C21H19Br. The van der Waals surface area contributed by atoms with E-state index < -0.39 is 0 Å². The largest absolute Gasteiger partial charge is 0.103 e. The van der Waals surface area contributed by atoms with Gasteiger partial charge in [-0.1, -0.05) is 82.2 Å². The van der Waals surface area contributed by atoms with Crippen molar-refractivity contribution in [2.45, 2.75) is 19.3 Å². The molecule has 0 amide bonds. The van der Waals surface area contributed by atoms with E-state index in [1.807, 2.05) is 6.08 Å². The Hall–Kier alpha value is -1.86. The number of hydrogen-bond acceptors (Lipinski definition) is 0. The molecule has 0 aliphatic carbocycles. The third-order valence-corrected chi connectivity index (χ3v) is 4.85. The molecule has 3 rings (SSSR count). The number of fused-ring (bicyclic) bond motifs is 1. The molecule has 1 atom stereocenters. The molecule has 110 valence electrons. The van der Waals surface area contributed by atoms with Crippen molar-refractivity contribution in [1.82, 2.24) is 0 Å². The van der Waals surface area contributed by atoms with Crippen LogP contribution in [0, 0.1) is 6.92 Å². The van der Waals surface area contributed by atoms with Gasteiger partial charge in [-0.05, 0) is 41.3 Å². The van der Waals surface area contributed by atoms with Crippen LogP contribution in [0.25, 0.3) is 10.8 Å². The summed E-state index contributed by atoms with van der Waals surface area (Å²) in [5, 5.41) is 2.57. The number of halogens is 1. The topological polar surface area (TPSA) is 0 Å². The van der Waals surface area contributed by atoms with Crippen molar-refractivity contribution in [3.8, 4) is 0 Å². The molecular weight excluding hydrogens is 332 g/mol. The standard InChI is InChI=1S/C21H19Br/c1-3-6-17(16-11-9-15(2)10-12-16)19-13-14-21(22)20-8-5-4-7-18(19)20/h3-5,7-14,17H,1,6H2,2H3. The summed E-state index contributed by atoms with van der Waals surface area (Å²) >= 11 is 3.66. The molecule has 0 N–H and O–H groups in total. The van der Waals surface area contributed by atoms with Gasteiger partial charge in [0.2, 0.25) is 0 Å². The van der Waals surface area contributed by atoms with Crippen LogP contribution in [-0.2, 0) is 0 Å². The van der Waals surface area contributed by atoms with Gasteiger partial charge in [0.05, 0.1) is 0 Å². The van der Waals surface area contributed by atoms with E-state index in [4.69, 9.17) is 0 Å². The number of allylic oxidation sites excluding steroid dienone is 1. The summed E-state index contributed by atoms with van der Waals surface area (Å²) in [7, 11) is 0. The van der Waals surface area contributed by atoms with Crippen molar-refractivity contribution >= 4 is 26.7 Å². The van der Waals surface area contributed by atoms with Crippen LogP contribution in [0.5, 0.6) is 0 Å². The highest BCUT2D eigenvalue weighted by Gasteiger charge is 2.16. The fraction of sp³-hybridized carbons (Fsp3) is 0.143. The zero-order chi connectivity index (χ0) is 15.5. The Morgan fingerprint density at radius 3 is 2.32 bits per heavy atom. The summed E-state index contributed by atoms with van der Waals surface area (Å²) in [6, 6.07) is 21.8. The van der Waals surface area contributed by atoms with E-state index in [0.717, 1.165) is 10.9 Å². The van der Waals surface area contributed by atoms with Gasteiger partial charge in [-0.3, -0.25) is 0 Å². The molecule has 0 heterocycles. The van der Waals surface area contributed by atoms with Crippen LogP contribution in [0.1, 0.15) is 29.0 Å². The minimum atomic E-state index is 0.344. The molecule has 0 spiro atoms. The van der Waals surface area contributed by atoms with E-state index >= 15 is 0 Å². The second kappa shape index (κ2) is 6.50. The summed E-state index contributed by atoms with van der Waals surface area (Å²) in [5.41, 5.74) is 4.00. The van der Waals surface area contributed by atoms with E-state index in [1.54, 1.807) is 0 Å². The first-order valence-corrected chi connectivity index (χ1v) is 8.34. The van der Waals surface area contributed by atoms with E-state index in [0.29, 0.717) is 5.92 Å². The van der Waals surface area contributed by atoms with Gasteiger partial charge in [0.1, 0.15) is 0 Å².